The number of aryl methyl sites for hydroxylation is 1. The lowest BCUT2D eigenvalue weighted by molar-refractivity contribution is -0.0826. The van der Waals surface area contributed by atoms with Crippen LogP contribution in [-0.2, 0) is 0 Å². The van der Waals surface area contributed by atoms with Gasteiger partial charge >= 0.3 is 0 Å². The van der Waals surface area contributed by atoms with Gasteiger partial charge in [0.2, 0.25) is 0 Å². The molecule has 0 aliphatic carbocycles. The van der Waals surface area contributed by atoms with E-state index in [0.29, 0.717) is 30.1 Å². The summed E-state index contributed by atoms with van der Waals surface area (Å²) in [7, 11) is 0. The molecule has 92 valence electrons. The number of likely N-dealkylation sites (tertiary alicyclic amines) is 1. The summed E-state index contributed by atoms with van der Waals surface area (Å²) >= 11 is 5.92. The maximum Gasteiger partial charge on any atom is 0.254 e. The first-order chi connectivity index (χ1) is 7.95. The Kier molecular flexibility index (Phi) is 3.15. The molecule has 1 aliphatic rings. The molecule has 17 heavy (non-hydrogen) atoms. The van der Waals surface area contributed by atoms with Gasteiger partial charge in [-0.15, -0.1) is 0 Å². The van der Waals surface area contributed by atoms with E-state index < -0.39 is 5.60 Å². The van der Waals surface area contributed by atoms with Gasteiger partial charge in [-0.2, -0.15) is 0 Å². The SMILES string of the molecule is CCC1(O)CN(C(=O)c2ccc(Cl)c(C)c2)C1. The van der Waals surface area contributed by atoms with Gasteiger partial charge in [0, 0.05) is 10.6 Å². The second-order valence-corrected chi connectivity index (χ2v) is 5.11. The normalized spacial score (nSPS) is 17.8. The van der Waals surface area contributed by atoms with Crippen molar-refractivity contribution in [2.45, 2.75) is 25.9 Å². The van der Waals surface area contributed by atoms with Crippen LogP contribution in [0.1, 0.15) is 29.3 Å². The van der Waals surface area contributed by atoms with Crippen LogP contribution in [0.15, 0.2) is 18.2 Å². The molecule has 0 radical (unpaired) electrons. The first-order valence-corrected chi connectivity index (χ1v) is 6.11. The minimum Gasteiger partial charge on any atom is -0.386 e. The van der Waals surface area contributed by atoms with E-state index in [2.05, 4.69) is 0 Å². The Bertz CT molecular complexity index is 453. The summed E-state index contributed by atoms with van der Waals surface area (Å²) in [5, 5.41) is 10.5. The standard InChI is InChI=1S/C13H16ClNO2/c1-3-13(17)7-15(8-13)12(16)10-4-5-11(14)9(2)6-10/h4-6,17H,3,7-8H2,1-2H3. The fourth-order valence-corrected chi connectivity index (χ4v) is 2.11. The van der Waals surface area contributed by atoms with Gasteiger partial charge in [-0.1, -0.05) is 18.5 Å². The van der Waals surface area contributed by atoms with Crippen LogP contribution in [0, 0.1) is 6.92 Å². The third kappa shape index (κ3) is 2.31. The number of amides is 1. The number of β-amino-alcohol motifs (C(OH)–C–C–N with tert-alkyl or cyclic N) is 1. The van der Waals surface area contributed by atoms with Gasteiger partial charge in [-0.05, 0) is 37.1 Å². The Morgan fingerprint density at radius 3 is 2.71 bits per heavy atom. The van der Waals surface area contributed by atoms with E-state index in [1.54, 1.807) is 23.1 Å². The van der Waals surface area contributed by atoms with E-state index >= 15 is 0 Å². The summed E-state index contributed by atoms with van der Waals surface area (Å²) < 4.78 is 0. The van der Waals surface area contributed by atoms with Crippen LogP contribution in [0.5, 0.6) is 0 Å². The van der Waals surface area contributed by atoms with Crippen molar-refractivity contribution in [2.24, 2.45) is 0 Å². The molecule has 1 N–H and O–H groups in total. The van der Waals surface area contributed by atoms with Gasteiger partial charge in [0.25, 0.3) is 5.91 Å². The maximum absolute atomic E-state index is 12.1. The molecule has 1 heterocycles. The van der Waals surface area contributed by atoms with Crippen molar-refractivity contribution in [1.29, 1.82) is 0 Å². The lowest BCUT2D eigenvalue weighted by atomic mass is 9.90. The number of aliphatic hydroxyl groups is 1. The lowest BCUT2D eigenvalue weighted by Gasteiger charge is -2.46. The largest absolute Gasteiger partial charge is 0.386 e. The van der Waals surface area contributed by atoms with Crippen molar-refractivity contribution in [1.82, 2.24) is 4.90 Å². The Labute approximate surface area is 106 Å². The molecular weight excluding hydrogens is 238 g/mol. The van der Waals surface area contributed by atoms with E-state index in [-0.39, 0.29) is 5.91 Å². The zero-order valence-electron chi connectivity index (χ0n) is 10.0. The number of carbonyl (C=O) groups excluding carboxylic acids is 1. The number of nitrogens with zero attached hydrogens (tertiary/aromatic N) is 1. The molecule has 1 fully saturated rings. The predicted molar refractivity (Wildman–Crippen MR) is 67.3 cm³/mol. The molecule has 0 unspecified atom stereocenters. The molecule has 1 saturated heterocycles. The lowest BCUT2D eigenvalue weighted by Crippen LogP contribution is -2.63. The van der Waals surface area contributed by atoms with Crippen LogP contribution in [0.25, 0.3) is 0 Å². The quantitative estimate of drug-likeness (QED) is 0.878. The topological polar surface area (TPSA) is 40.5 Å². The van der Waals surface area contributed by atoms with Crippen LogP contribution in [0.4, 0.5) is 0 Å². The summed E-state index contributed by atoms with van der Waals surface area (Å²) in [4.78, 5) is 13.7. The number of rotatable bonds is 2. The maximum atomic E-state index is 12.1. The minimum absolute atomic E-state index is 0.0390. The van der Waals surface area contributed by atoms with E-state index in [1.165, 1.54) is 0 Å². The highest BCUT2D eigenvalue weighted by Crippen LogP contribution is 2.26. The number of hydrogen-bond donors (Lipinski definition) is 1. The summed E-state index contributed by atoms with van der Waals surface area (Å²) in [5.74, 6) is -0.0390. The Hall–Kier alpha value is -1.06. The van der Waals surface area contributed by atoms with Crippen LogP contribution in [-0.4, -0.2) is 34.6 Å². The molecule has 4 heteroatoms. The van der Waals surface area contributed by atoms with Gasteiger partial charge in [0.05, 0.1) is 18.7 Å². The average Bonchev–Trinajstić information content (AvgIpc) is 2.27. The molecule has 3 nitrogen and oxygen atoms in total. The molecule has 0 saturated carbocycles. The van der Waals surface area contributed by atoms with E-state index in [1.807, 2.05) is 13.8 Å². The molecular formula is C13H16ClNO2. The molecule has 1 aliphatic heterocycles. The Morgan fingerprint density at radius 1 is 1.53 bits per heavy atom. The van der Waals surface area contributed by atoms with Crippen LogP contribution in [0.3, 0.4) is 0 Å². The number of carbonyl (C=O) groups is 1. The molecule has 1 amide bonds. The van der Waals surface area contributed by atoms with Crippen molar-refractivity contribution >= 4 is 17.5 Å². The van der Waals surface area contributed by atoms with Crippen molar-refractivity contribution in [3.8, 4) is 0 Å². The molecule has 0 bridgehead atoms. The fourth-order valence-electron chi connectivity index (χ4n) is 1.99. The number of halogens is 1. The monoisotopic (exact) mass is 253 g/mol. The molecule has 2 rings (SSSR count). The van der Waals surface area contributed by atoms with Crippen LogP contribution in [0.2, 0.25) is 5.02 Å². The highest BCUT2D eigenvalue weighted by atomic mass is 35.5. The van der Waals surface area contributed by atoms with Crippen molar-refractivity contribution in [3.05, 3.63) is 34.3 Å². The summed E-state index contributed by atoms with van der Waals surface area (Å²) in [6.07, 6.45) is 0.677. The summed E-state index contributed by atoms with van der Waals surface area (Å²) in [6, 6.07) is 5.24. The fraction of sp³-hybridized carbons (Fsp3) is 0.462. The second kappa shape index (κ2) is 4.31. The van der Waals surface area contributed by atoms with E-state index in [0.717, 1.165) is 5.56 Å². The van der Waals surface area contributed by atoms with E-state index in [4.69, 9.17) is 11.6 Å². The number of hydrogen-bond acceptors (Lipinski definition) is 2. The first-order valence-electron chi connectivity index (χ1n) is 5.73. The van der Waals surface area contributed by atoms with Gasteiger partial charge in [0.1, 0.15) is 0 Å². The predicted octanol–water partition coefficient (Wildman–Crippen LogP) is 2.25. The Morgan fingerprint density at radius 2 is 2.18 bits per heavy atom. The molecule has 0 spiro atoms. The summed E-state index contributed by atoms with van der Waals surface area (Å²) in [6.45, 7) is 4.64. The van der Waals surface area contributed by atoms with Crippen molar-refractivity contribution in [3.63, 3.8) is 0 Å². The molecule has 1 aromatic rings. The first kappa shape index (κ1) is 12.4. The zero-order valence-corrected chi connectivity index (χ0v) is 10.8. The number of benzene rings is 1. The Balaban J connectivity index is 2.09. The van der Waals surface area contributed by atoms with Gasteiger partial charge < -0.3 is 10.0 Å². The van der Waals surface area contributed by atoms with Crippen LogP contribution < -0.4 is 0 Å². The van der Waals surface area contributed by atoms with Gasteiger partial charge in [-0.3, -0.25) is 4.79 Å². The molecule has 1 aromatic carbocycles. The third-order valence-electron chi connectivity index (χ3n) is 3.32. The smallest absolute Gasteiger partial charge is 0.254 e. The van der Waals surface area contributed by atoms with Crippen molar-refractivity contribution < 1.29 is 9.90 Å². The highest BCUT2D eigenvalue weighted by molar-refractivity contribution is 6.31. The minimum atomic E-state index is -0.683. The van der Waals surface area contributed by atoms with Gasteiger partial charge in [-0.25, -0.2) is 0 Å². The van der Waals surface area contributed by atoms with Gasteiger partial charge in [0.15, 0.2) is 0 Å². The van der Waals surface area contributed by atoms with E-state index in [9.17, 15) is 9.90 Å². The summed E-state index contributed by atoms with van der Waals surface area (Å²) in [5.41, 5.74) is 0.839. The van der Waals surface area contributed by atoms with Crippen LogP contribution >= 0.6 is 11.6 Å². The zero-order chi connectivity index (χ0) is 12.6. The average molecular weight is 254 g/mol. The highest BCUT2D eigenvalue weighted by Gasteiger charge is 2.42. The third-order valence-corrected chi connectivity index (χ3v) is 3.74. The van der Waals surface area contributed by atoms with Crippen molar-refractivity contribution in [2.75, 3.05) is 13.1 Å². The second-order valence-electron chi connectivity index (χ2n) is 4.70. The molecule has 0 aromatic heterocycles. The molecule has 0 atom stereocenters.